The van der Waals surface area contributed by atoms with Crippen LogP contribution in [0.2, 0.25) is 0 Å². The summed E-state index contributed by atoms with van der Waals surface area (Å²) < 4.78 is 8.17. The lowest BCUT2D eigenvalue weighted by atomic mass is 9.81. The first-order chi connectivity index (χ1) is 13.3. The van der Waals surface area contributed by atoms with Gasteiger partial charge >= 0.3 is 0 Å². The van der Waals surface area contributed by atoms with Gasteiger partial charge in [-0.15, -0.1) is 0 Å². The molecule has 0 saturated heterocycles. The number of rotatable bonds is 3. The topological polar surface area (TPSA) is 87.0 Å². The van der Waals surface area contributed by atoms with E-state index in [2.05, 4.69) is 30.9 Å². The van der Waals surface area contributed by atoms with Crippen LogP contribution in [0.15, 0.2) is 41.1 Å². The second-order valence-corrected chi connectivity index (χ2v) is 8.93. The third-order valence-electron chi connectivity index (χ3n) is 6.18. The number of fused-ring (bicyclic) bond motifs is 5. The highest BCUT2D eigenvalue weighted by Gasteiger charge is 2.55. The third kappa shape index (κ3) is 2.28. The Morgan fingerprint density at radius 2 is 2.00 bits per heavy atom. The van der Waals surface area contributed by atoms with Gasteiger partial charge in [-0.1, -0.05) is 20.8 Å². The van der Waals surface area contributed by atoms with Gasteiger partial charge in [0.2, 0.25) is 5.89 Å². The van der Waals surface area contributed by atoms with Crippen molar-refractivity contribution in [3.8, 4) is 5.69 Å². The van der Waals surface area contributed by atoms with Crippen LogP contribution in [0.3, 0.4) is 0 Å². The molecule has 0 N–H and O–H groups in total. The lowest BCUT2D eigenvalue weighted by molar-refractivity contribution is -0.384. The molecular formula is C21H22N4O3. The second-order valence-electron chi connectivity index (χ2n) is 8.93. The highest BCUT2D eigenvalue weighted by Crippen LogP contribution is 2.60. The van der Waals surface area contributed by atoms with Gasteiger partial charge in [-0.3, -0.25) is 10.1 Å². The van der Waals surface area contributed by atoms with Crippen molar-refractivity contribution < 1.29 is 9.34 Å². The third-order valence-corrected chi connectivity index (χ3v) is 6.18. The number of hydrogen-bond donors (Lipinski definition) is 0. The van der Waals surface area contributed by atoms with Crippen LogP contribution >= 0.6 is 0 Å². The maximum Gasteiger partial charge on any atom is 0.269 e. The minimum atomic E-state index is -0.385. The summed E-state index contributed by atoms with van der Waals surface area (Å²) in [4.78, 5) is 15.2. The monoisotopic (exact) mass is 378 g/mol. The Hall–Kier alpha value is -2.96. The highest BCUT2D eigenvalue weighted by atomic mass is 16.6. The van der Waals surface area contributed by atoms with Crippen LogP contribution in [0.5, 0.6) is 0 Å². The van der Waals surface area contributed by atoms with Crippen molar-refractivity contribution >= 4 is 5.69 Å². The molecule has 7 heteroatoms. The number of oxazole rings is 1. The number of nitrogens with zero attached hydrogens (tertiary/aromatic N) is 4. The van der Waals surface area contributed by atoms with Crippen LogP contribution in [0, 0.1) is 10.1 Å². The Labute approximate surface area is 162 Å². The average Bonchev–Trinajstić information content (AvgIpc) is 3.40. The number of hydrogen-bond acceptors (Lipinski definition) is 5. The molecule has 2 unspecified atom stereocenters. The molecule has 2 aliphatic rings. The Bertz CT molecular complexity index is 1070. The number of non-ortho nitro benzene ring substituents is 1. The molecule has 2 aromatic heterocycles. The Morgan fingerprint density at radius 3 is 2.64 bits per heavy atom. The van der Waals surface area contributed by atoms with Crippen LogP contribution < -0.4 is 0 Å². The maximum absolute atomic E-state index is 10.9. The van der Waals surface area contributed by atoms with E-state index in [1.807, 2.05) is 17.1 Å². The predicted octanol–water partition coefficient (Wildman–Crippen LogP) is 4.63. The summed E-state index contributed by atoms with van der Waals surface area (Å²) in [7, 11) is 0. The lowest BCUT2D eigenvalue weighted by Gasteiger charge is -2.23. The molecule has 0 radical (unpaired) electrons. The summed E-state index contributed by atoms with van der Waals surface area (Å²) >= 11 is 0. The molecule has 0 aliphatic heterocycles. The molecule has 7 nitrogen and oxygen atoms in total. The molecule has 3 aromatic rings. The molecule has 5 rings (SSSR count). The molecule has 2 aliphatic carbocycles. The molecule has 1 aromatic carbocycles. The highest BCUT2D eigenvalue weighted by molar-refractivity contribution is 5.50. The Kier molecular flexibility index (Phi) is 3.39. The van der Waals surface area contributed by atoms with E-state index in [0.29, 0.717) is 5.92 Å². The maximum atomic E-state index is 10.9. The summed E-state index contributed by atoms with van der Waals surface area (Å²) in [5.41, 5.74) is 3.02. The summed E-state index contributed by atoms with van der Waals surface area (Å²) in [6, 6.07) is 6.56. The molecule has 0 spiro atoms. The largest absolute Gasteiger partial charge is 0.444 e. The van der Waals surface area contributed by atoms with Gasteiger partial charge in [-0.05, 0) is 31.4 Å². The van der Waals surface area contributed by atoms with Gasteiger partial charge < -0.3 is 4.42 Å². The van der Waals surface area contributed by atoms with Gasteiger partial charge in [-0.2, -0.15) is 5.10 Å². The molecule has 0 amide bonds. The van der Waals surface area contributed by atoms with Gasteiger partial charge in [0.15, 0.2) is 0 Å². The van der Waals surface area contributed by atoms with Crippen LogP contribution in [0.4, 0.5) is 5.69 Å². The quantitative estimate of drug-likeness (QED) is 0.490. The Balaban J connectivity index is 1.57. The van der Waals surface area contributed by atoms with Crippen LogP contribution in [0.25, 0.3) is 5.69 Å². The zero-order valence-electron chi connectivity index (χ0n) is 16.2. The van der Waals surface area contributed by atoms with Crippen molar-refractivity contribution in [1.82, 2.24) is 14.8 Å². The fraction of sp³-hybridized carbons (Fsp3) is 0.429. The number of nitro benzene ring substituents is 1. The summed E-state index contributed by atoms with van der Waals surface area (Å²) in [6.45, 7) is 6.37. The van der Waals surface area contributed by atoms with E-state index in [1.165, 1.54) is 23.4 Å². The minimum Gasteiger partial charge on any atom is -0.444 e. The molecule has 2 atom stereocenters. The fourth-order valence-electron chi connectivity index (χ4n) is 4.72. The normalized spacial score (nSPS) is 23.2. The molecule has 1 saturated carbocycles. The van der Waals surface area contributed by atoms with Crippen molar-refractivity contribution in [3.63, 3.8) is 0 Å². The van der Waals surface area contributed by atoms with E-state index in [4.69, 9.17) is 4.42 Å². The Morgan fingerprint density at radius 1 is 1.25 bits per heavy atom. The zero-order chi connectivity index (χ0) is 19.7. The van der Waals surface area contributed by atoms with E-state index in [9.17, 15) is 10.1 Å². The molecule has 28 heavy (non-hydrogen) atoms. The van der Waals surface area contributed by atoms with Crippen molar-refractivity contribution in [2.24, 2.45) is 0 Å². The average molecular weight is 378 g/mol. The van der Waals surface area contributed by atoms with Crippen molar-refractivity contribution in [2.45, 2.75) is 56.8 Å². The second kappa shape index (κ2) is 5.53. The van der Waals surface area contributed by atoms with Gasteiger partial charge in [0.05, 0.1) is 34.1 Å². The molecule has 144 valence electrons. The van der Waals surface area contributed by atoms with E-state index in [0.717, 1.165) is 36.6 Å². The molecule has 2 bridgehead atoms. The van der Waals surface area contributed by atoms with Crippen LogP contribution in [0.1, 0.15) is 68.9 Å². The van der Waals surface area contributed by atoms with E-state index < -0.39 is 0 Å². The van der Waals surface area contributed by atoms with Crippen molar-refractivity contribution in [3.05, 3.63) is 69.7 Å². The van der Waals surface area contributed by atoms with E-state index >= 15 is 0 Å². The lowest BCUT2D eigenvalue weighted by Crippen LogP contribution is -2.22. The number of benzene rings is 1. The first-order valence-corrected chi connectivity index (χ1v) is 9.60. The van der Waals surface area contributed by atoms with Gasteiger partial charge in [0.25, 0.3) is 5.69 Å². The zero-order valence-corrected chi connectivity index (χ0v) is 16.2. The molecule has 2 heterocycles. The minimum absolute atomic E-state index is 0.0791. The van der Waals surface area contributed by atoms with Crippen LogP contribution in [-0.2, 0) is 10.8 Å². The van der Waals surface area contributed by atoms with Gasteiger partial charge in [0.1, 0.15) is 5.76 Å². The first kappa shape index (κ1) is 17.2. The standard InChI is InChI=1S/C21H22N4O3/c1-20(2,3)17-12-22-19(28-17)21-9-8-13(10-21)18-16(21)11-23-24(18)14-4-6-15(7-5-14)25(26)27/h4-7,11-13H,8-10H2,1-3H3. The van der Waals surface area contributed by atoms with E-state index in [1.54, 1.807) is 12.1 Å². The summed E-state index contributed by atoms with van der Waals surface area (Å²) in [5.74, 6) is 2.09. The van der Waals surface area contributed by atoms with Crippen LogP contribution in [-0.4, -0.2) is 19.7 Å². The summed E-state index contributed by atoms with van der Waals surface area (Å²) in [6.07, 6.45) is 6.85. The summed E-state index contributed by atoms with van der Waals surface area (Å²) in [5, 5.41) is 15.6. The molecule has 1 fully saturated rings. The SMILES string of the molecule is CC(C)(C)c1cnc(C23CCC(C2)c2c3cnn2-c2ccc([N+](=O)[O-])cc2)o1. The van der Waals surface area contributed by atoms with Crippen molar-refractivity contribution in [1.29, 1.82) is 0 Å². The molecular weight excluding hydrogens is 356 g/mol. The smallest absolute Gasteiger partial charge is 0.269 e. The van der Waals surface area contributed by atoms with Crippen molar-refractivity contribution in [2.75, 3.05) is 0 Å². The predicted molar refractivity (Wildman–Crippen MR) is 103 cm³/mol. The first-order valence-electron chi connectivity index (χ1n) is 9.60. The number of nitro groups is 1. The van der Waals surface area contributed by atoms with Gasteiger partial charge in [0, 0.05) is 29.0 Å². The number of aromatic nitrogens is 3. The van der Waals surface area contributed by atoms with Gasteiger partial charge in [-0.25, -0.2) is 9.67 Å². The van der Waals surface area contributed by atoms with E-state index in [-0.39, 0.29) is 21.4 Å². The fourth-order valence-corrected chi connectivity index (χ4v) is 4.72.